The Morgan fingerprint density at radius 2 is 1.87 bits per heavy atom. The molecule has 38 heavy (non-hydrogen) atoms. The molecule has 0 bridgehead atoms. The monoisotopic (exact) mass is 527 g/mol. The van der Waals surface area contributed by atoms with E-state index in [-0.39, 0.29) is 0 Å². The van der Waals surface area contributed by atoms with Crippen LogP contribution in [-0.2, 0) is 24.0 Å². The second kappa shape index (κ2) is 9.70. The van der Waals surface area contributed by atoms with Crippen molar-refractivity contribution >= 4 is 29.0 Å². The molecule has 0 amide bonds. The highest BCUT2D eigenvalue weighted by Crippen LogP contribution is 2.40. The van der Waals surface area contributed by atoms with Crippen molar-refractivity contribution in [1.82, 2.24) is 20.6 Å². The summed E-state index contributed by atoms with van der Waals surface area (Å²) in [7, 11) is 1.87. The Labute approximate surface area is 225 Å². The van der Waals surface area contributed by atoms with Gasteiger partial charge in [-0.2, -0.15) is 0 Å². The van der Waals surface area contributed by atoms with Crippen LogP contribution < -0.4 is 16.1 Å². The van der Waals surface area contributed by atoms with Gasteiger partial charge in [-0.1, -0.05) is 54.1 Å². The standard InChI is InChI=1S/C28H26ClN7O2/c1-3-38-16-18-7-9-20(10-8-18)28(37,25-15-30-17-35(25)2)21-11-12-24-23(14-21)26(19-5-4-6-22(29)13-19)31-27-32-33-34-36(24)27/h4-15,17,33-34,37H,3,16H2,1-2H3. The number of aromatic nitrogens is 2. The number of hydrazone groups is 1. The number of ether oxygens (including phenoxy) is 1. The van der Waals surface area contributed by atoms with Crippen LogP contribution in [0.1, 0.15) is 40.4 Å². The Hall–Kier alpha value is -4.02. The van der Waals surface area contributed by atoms with E-state index in [1.807, 2.05) is 85.3 Å². The van der Waals surface area contributed by atoms with Gasteiger partial charge in [0, 0.05) is 29.8 Å². The van der Waals surface area contributed by atoms with Crippen molar-refractivity contribution in [3.05, 3.63) is 118 Å². The minimum Gasteiger partial charge on any atom is -0.377 e. The predicted molar refractivity (Wildman–Crippen MR) is 147 cm³/mol. The Bertz CT molecular complexity index is 1560. The number of guanidine groups is 1. The number of aryl methyl sites for hydroxylation is 1. The fraction of sp³-hybridized carbons (Fsp3) is 0.179. The van der Waals surface area contributed by atoms with Crippen molar-refractivity contribution in [1.29, 1.82) is 0 Å². The number of imidazole rings is 1. The lowest BCUT2D eigenvalue weighted by Gasteiger charge is -2.32. The first kappa shape index (κ1) is 24.3. The van der Waals surface area contributed by atoms with E-state index in [0.717, 1.165) is 22.4 Å². The van der Waals surface area contributed by atoms with Gasteiger partial charge in [0.05, 0.1) is 36.2 Å². The Morgan fingerprint density at radius 1 is 1.05 bits per heavy atom. The third-order valence-corrected chi connectivity index (χ3v) is 7.00. The van der Waals surface area contributed by atoms with Crippen LogP contribution in [-0.4, -0.2) is 32.9 Å². The molecule has 4 aromatic rings. The zero-order valence-electron chi connectivity index (χ0n) is 20.9. The van der Waals surface area contributed by atoms with E-state index in [2.05, 4.69) is 21.2 Å². The lowest BCUT2D eigenvalue weighted by Crippen LogP contribution is -2.43. The average Bonchev–Trinajstić information content (AvgIpc) is 3.60. The van der Waals surface area contributed by atoms with E-state index in [4.69, 9.17) is 21.3 Å². The maximum absolute atomic E-state index is 12.5. The molecule has 2 aliphatic rings. The molecule has 3 heterocycles. The van der Waals surface area contributed by atoms with Crippen LogP contribution in [0.5, 0.6) is 0 Å². The molecule has 0 radical (unpaired) electrons. The first-order valence-corrected chi connectivity index (χ1v) is 12.6. The highest BCUT2D eigenvalue weighted by Gasteiger charge is 2.39. The zero-order chi connectivity index (χ0) is 26.3. The van der Waals surface area contributed by atoms with Crippen molar-refractivity contribution in [3.8, 4) is 0 Å². The van der Waals surface area contributed by atoms with Gasteiger partial charge in [0.2, 0.25) is 0 Å². The van der Waals surface area contributed by atoms with Crippen LogP contribution in [0.4, 0.5) is 5.69 Å². The second-order valence-electron chi connectivity index (χ2n) is 9.11. The number of hydrogen-bond donors (Lipinski definition) is 3. The van der Waals surface area contributed by atoms with Crippen molar-refractivity contribution in [3.63, 3.8) is 0 Å². The largest absolute Gasteiger partial charge is 0.377 e. The number of nitrogens with zero attached hydrogens (tertiary/aromatic N) is 5. The van der Waals surface area contributed by atoms with Gasteiger partial charge in [0.1, 0.15) is 0 Å². The van der Waals surface area contributed by atoms with Gasteiger partial charge in [-0.15, -0.1) is 10.6 Å². The van der Waals surface area contributed by atoms with E-state index in [1.54, 1.807) is 17.5 Å². The summed E-state index contributed by atoms with van der Waals surface area (Å²) in [4.78, 5) is 9.11. The van der Waals surface area contributed by atoms with Gasteiger partial charge in [-0.3, -0.25) is 0 Å². The topological polar surface area (TPSA) is 99.3 Å². The summed E-state index contributed by atoms with van der Waals surface area (Å²) in [5.41, 5.74) is 10.5. The third kappa shape index (κ3) is 4.06. The number of hydrogen-bond acceptors (Lipinski definition) is 8. The molecule has 0 aliphatic carbocycles. The number of fused-ring (bicyclic) bond motifs is 3. The van der Waals surface area contributed by atoms with Gasteiger partial charge in [0.25, 0.3) is 5.96 Å². The Balaban J connectivity index is 1.52. The van der Waals surface area contributed by atoms with Gasteiger partial charge in [-0.25, -0.2) is 20.5 Å². The number of rotatable bonds is 7. The average molecular weight is 528 g/mol. The number of hydrazine groups is 2. The number of nitrogens with one attached hydrogen (secondary N) is 2. The van der Waals surface area contributed by atoms with Gasteiger partial charge in [0.15, 0.2) is 5.60 Å². The molecular weight excluding hydrogens is 502 g/mol. The first-order valence-electron chi connectivity index (χ1n) is 12.2. The maximum Gasteiger partial charge on any atom is 0.265 e. The van der Waals surface area contributed by atoms with E-state index in [1.165, 1.54) is 0 Å². The summed E-state index contributed by atoms with van der Waals surface area (Å²) < 4.78 is 7.38. The number of aliphatic hydroxyl groups is 1. The molecule has 0 fully saturated rings. The highest BCUT2D eigenvalue weighted by atomic mass is 35.5. The fourth-order valence-electron chi connectivity index (χ4n) is 4.86. The predicted octanol–water partition coefficient (Wildman–Crippen LogP) is 3.85. The van der Waals surface area contributed by atoms with Crippen LogP contribution in [0.3, 0.4) is 0 Å². The Morgan fingerprint density at radius 3 is 2.61 bits per heavy atom. The molecule has 1 atom stereocenters. The van der Waals surface area contributed by atoms with Crippen molar-refractivity contribution in [2.24, 2.45) is 17.1 Å². The molecule has 3 N–H and O–H groups in total. The molecule has 192 valence electrons. The molecule has 0 saturated heterocycles. The van der Waals surface area contributed by atoms with Crippen molar-refractivity contribution < 1.29 is 9.84 Å². The van der Waals surface area contributed by atoms with E-state index < -0.39 is 5.60 Å². The number of anilines is 1. The molecule has 3 aromatic carbocycles. The highest BCUT2D eigenvalue weighted by molar-refractivity contribution is 6.32. The van der Waals surface area contributed by atoms with E-state index in [0.29, 0.717) is 46.7 Å². The maximum atomic E-state index is 12.5. The van der Waals surface area contributed by atoms with Gasteiger partial charge >= 0.3 is 0 Å². The number of halogens is 1. The van der Waals surface area contributed by atoms with Crippen LogP contribution in [0.25, 0.3) is 0 Å². The molecular formula is C28H26ClN7O2. The zero-order valence-corrected chi connectivity index (χ0v) is 21.6. The number of aliphatic imine (C=N–C) groups is 1. The minimum absolute atomic E-state index is 0.479. The third-order valence-electron chi connectivity index (χ3n) is 6.77. The van der Waals surface area contributed by atoms with Crippen LogP contribution >= 0.6 is 11.6 Å². The van der Waals surface area contributed by atoms with E-state index >= 15 is 0 Å². The smallest absolute Gasteiger partial charge is 0.265 e. The molecule has 1 aromatic heterocycles. The summed E-state index contributed by atoms with van der Waals surface area (Å²) in [6, 6.07) is 21.2. The summed E-state index contributed by atoms with van der Waals surface area (Å²) in [5, 5.41) is 19.1. The summed E-state index contributed by atoms with van der Waals surface area (Å²) >= 11 is 6.34. The Kier molecular flexibility index (Phi) is 6.21. The molecule has 9 nitrogen and oxygen atoms in total. The van der Waals surface area contributed by atoms with Crippen LogP contribution in [0, 0.1) is 0 Å². The molecule has 0 saturated carbocycles. The summed E-state index contributed by atoms with van der Waals surface area (Å²) in [5.74, 6) is 0.479. The summed E-state index contributed by atoms with van der Waals surface area (Å²) in [6.07, 6.45) is 3.37. The fourth-order valence-corrected chi connectivity index (χ4v) is 5.05. The molecule has 10 heteroatoms. The second-order valence-corrected chi connectivity index (χ2v) is 9.54. The molecule has 1 unspecified atom stereocenters. The van der Waals surface area contributed by atoms with Gasteiger partial charge < -0.3 is 14.4 Å². The SMILES string of the molecule is CCOCc1ccc(C(O)(c2ccc3c(c2)C(c2cccc(Cl)c2)=NC2=NNNN23)c2cncn2C)cc1. The van der Waals surface area contributed by atoms with Crippen molar-refractivity contribution in [2.75, 3.05) is 11.6 Å². The van der Waals surface area contributed by atoms with Gasteiger partial charge in [-0.05, 0) is 47.9 Å². The lowest BCUT2D eigenvalue weighted by molar-refractivity contribution is 0.117. The van der Waals surface area contributed by atoms with Crippen LogP contribution in [0.2, 0.25) is 5.02 Å². The summed E-state index contributed by atoms with van der Waals surface area (Å²) in [6.45, 7) is 3.12. The molecule has 2 aliphatic heterocycles. The van der Waals surface area contributed by atoms with Crippen molar-refractivity contribution in [2.45, 2.75) is 19.1 Å². The van der Waals surface area contributed by atoms with Crippen LogP contribution in [0.15, 0.2) is 89.3 Å². The van der Waals surface area contributed by atoms with E-state index in [9.17, 15) is 5.11 Å². The minimum atomic E-state index is -1.49. The lowest BCUT2D eigenvalue weighted by atomic mass is 9.81. The molecule has 6 rings (SSSR count). The number of benzene rings is 3. The quantitative estimate of drug-likeness (QED) is 0.338. The first-order chi connectivity index (χ1) is 18.5. The molecule has 0 spiro atoms. The normalized spacial score (nSPS) is 15.7.